The number of hydrogen-bond donors (Lipinski definition) is 1. The number of esters is 1. The molecule has 0 spiro atoms. The third-order valence-corrected chi connectivity index (χ3v) is 4.81. The van der Waals surface area contributed by atoms with E-state index in [1.54, 1.807) is 24.3 Å². The Balaban J connectivity index is 1.70. The van der Waals surface area contributed by atoms with Crippen molar-refractivity contribution in [1.29, 1.82) is 0 Å². The van der Waals surface area contributed by atoms with E-state index in [1.807, 2.05) is 0 Å². The van der Waals surface area contributed by atoms with E-state index in [0.29, 0.717) is 11.7 Å². The minimum Gasteiger partial charge on any atom is -0.478 e. The quantitative estimate of drug-likeness (QED) is 0.360. The summed E-state index contributed by atoms with van der Waals surface area (Å²) in [6.07, 6.45) is 11.2. The van der Waals surface area contributed by atoms with Gasteiger partial charge in [-0.05, 0) is 55.9 Å². The Labute approximate surface area is 161 Å². The molecule has 0 atom stereocenters. The zero-order valence-electron chi connectivity index (χ0n) is 16.1. The molecule has 1 aliphatic rings. The van der Waals surface area contributed by atoms with Gasteiger partial charge in [-0.25, -0.2) is 9.59 Å². The molecule has 27 heavy (non-hydrogen) atoms. The molecule has 0 radical (unpaired) electrons. The first-order valence-corrected chi connectivity index (χ1v) is 9.92. The van der Waals surface area contributed by atoms with Gasteiger partial charge in [0, 0.05) is 12.7 Å². The van der Waals surface area contributed by atoms with E-state index in [-0.39, 0.29) is 12.1 Å². The summed E-state index contributed by atoms with van der Waals surface area (Å²) in [6.45, 7) is 3.03. The van der Waals surface area contributed by atoms with Gasteiger partial charge >= 0.3 is 11.9 Å². The second kappa shape index (κ2) is 11.5. The lowest BCUT2D eigenvalue weighted by Gasteiger charge is -2.28. The van der Waals surface area contributed by atoms with Crippen molar-refractivity contribution in [2.75, 3.05) is 6.61 Å². The fourth-order valence-corrected chi connectivity index (χ4v) is 3.21. The molecule has 0 amide bonds. The first-order chi connectivity index (χ1) is 13.1. The van der Waals surface area contributed by atoms with Crippen LogP contribution in [0.2, 0.25) is 0 Å². The van der Waals surface area contributed by atoms with E-state index >= 15 is 0 Å². The highest BCUT2D eigenvalue weighted by molar-refractivity contribution is 5.90. The van der Waals surface area contributed by atoms with Crippen molar-refractivity contribution in [2.24, 2.45) is 0 Å². The molecule has 5 heteroatoms. The Hall–Kier alpha value is -2.14. The molecular formula is C22H30O5. The summed E-state index contributed by atoms with van der Waals surface area (Å²) in [7, 11) is 0. The standard InChI is InChI=1S/C22H30O5/c1-2-3-4-5-16-26-19-11-13-20(14-12-19)27-22(25)18-9-6-17(7-10-18)8-15-21(23)24/h6-10,15,19-20H,2-5,11-14,16H2,1H3,(H,23,24)/b15-8+. The number of hydrogen-bond acceptors (Lipinski definition) is 4. The van der Waals surface area contributed by atoms with Gasteiger partial charge in [-0.3, -0.25) is 0 Å². The fourth-order valence-electron chi connectivity index (χ4n) is 3.21. The van der Waals surface area contributed by atoms with Gasteiger partial charge < -0.3 is 14.6 Å². The number of carbonyl (C=O) groups excluding carboxylic acids is 1. The number of aliphatic carboxylic acids is 1. The van der Waals surface area contributed by atoms with Crippen molar-refractivity contribution in [3.05, 3.63) is 41.5 Å². The van der Waals surface area contributed by atoms with Gasteiger partial charge in [0.25, 0.3) is 0 Å². The summed E-state index contributed by atoms with van der Waals surface area (Å²) in [4.78, 5) is 22.8. The number of rotatable bonds is 10. The number of carboxylic acid groups (broad SMARTS) is 1. The molecule has 2 rings (SSSR count). The number of benzene rings is 1. The molecule has 1 fully saturated rings. The Bertz CT molecular complexity index is 612. The van der Waals surface area contributed by atoms with Crippen LogP contribution in [-0.4, -0.2) is 35.9 Å². The fraction of sp³-hybridized carbons (Fsp3) is 0.545. The van der Waals surface area contributed by atoms with Gasteiger partial charge in [0.15, 0.2) is 0 Å². The molecular weight excluding hydrogens is 344 g/mol. The average Bonchev–Trinajstić information content (AvgIpc) is 2.68. The highest BCUT2D eigenvalue weighted by Gasteiger charge is 2.24. The average molecular weight is 374 g/mol. The number of carbonyl (C=O) groups is 2. The predicted molar refractivity (Wildman–Crippen MR) is 105 cm³/mol. The molecule has 1 aromatic rings. The molecule has 0 heterocycles. The van der Waals surface area contributed by atoms with Crippen LogP contribution in [-0.2, 0) is 14.3 Å². The van der Waals surface area contributed by atoms with E-state index in [9.17, 15) is 9.59 Å². The summed E-state index contributed by atoms with van der Waals surface area (Å²) in [5.41, 5.74) is 1.21. The molecule has 0 aliphatic heterocycles. The molecule has 5 nitrogen and oxygen atoms in total. The lowest BCUT2D eigenvalue weighted by Crippen LogP contribution is -2.28. The van der Waals surface area contributed by atoms with Gasteiger partial charge in [0.1, 0.15) is 6.10 Å². The first-order valence-electron chi connectivity index (χ1n) is 9.92. The number of unbranched alkanes of at least 4 members (excludes halogenated alkanes) is 3. The molecule has 1 aromatic carbocycles. The van der Waals surface area contributed by atoms with Crippen LogP contribution in [0.3, 0.4) is 0 Å². The second-order valence-electron chi connectivity index (χ2n) is 7.03. The third kappa shape index (κ3) is 7.95. The molecule has 0 aromatic heterocycles. The highest BCUT2D eigenvalue weighted by atomic mass is 16.5. The van der Waals surface area contributed by atoms with E-state index in [1.165, 1.54) is 25.3 Å². The van der Waals surface area contributed by atoms with Crippen LogP contribution >= 0.6 is 0 Å². The summed E-state index contributed by atoms with van der Waals surface area (Å²) in [6, 6.07) is 6.74. The monoisotopic (exact) mass is 374 g/mol. The van der Waals surface area contributed by atoms with Crippen LogP contribution in [0.1, 0.15) is 74.2 Å². The summed E-state index contributed by atoms with van der Waals surface area (Å²) < 4.78 is 11.5. The second-order valence-corrected chi connectivity index (χ2v) is 7.03. The van der Waals surface area contributed by atoms with Crippen LogP contribution in [0.25, 0.3) is 6.08 Å². The molecule has 1 saturated carbocycles. The molecule has 0 unspecified atom stereocenters. The van der Waals surface area contributed by atoms with Crippen molar-refractivity contribution in [3.63, 3.8) is 0 Å². The molecule has 148 valence electrons. The molecule has 0 bridgehead atoms. The SMILES string of the molecule is CCCCCCOC1CCC(OC(=O)c2ccc(/C=C/C(=O)O)cc2)CC1. The molecule has 1 N–H and O–H groups in total. The van der Waals surface area contributed by atoms with Gasteiger partial charge in [-0.1, -0.05) is 38.3 Å². The van der Waals surface area contributed by atoms with Crippen LogP contribution in [0.15, 0.2) is 30.3 Å². The van der Waals surface area contributed by atoms with Crippen LogP contribution in [0, 0.1) is 0 Å². The van der Waals surface area contributed by atoms with E-state index in [4.69, 9.17) is 14.6 Å². The van der Waals surface area contributed by atoms with Gasteiger partial charge in [-0.15, -0.1) is 0 Å². The number of ether oxygens (including phenoxy) is 2. The largest absolute Gasteiger partial charge is 0.478 e. The van der Waals surface area contributed by atoms with Gasteiger partial charge in [-0.2, -0.15) is 0 Å². The Morgan fingerprint density at radius 1 is 1.04 bits per heavy atom. The van der Waals surface area contributed by atoms with Crippen molar-refractivity contribution in [1.82, 2.24) is 0 Å². The maximum Gasteiger partial charge on any atom is 0.338 e. The lowest BCUT2D eigenvalue weighted by atomic mass is 9.95. The highest BCUT2D eigenvalue weighted by Crippen LogP contribution is 2.24. The Morgan fingerprint density at radius 3 is 2.33 bits per heavy atom. The van der Waals surface area contributed by atoms with Crippen LogP contribution in [0.4, 0.5) is 0 Å². The summed E-state index contributed by atoms with van der Waals surface area (Å²) >= 11 is 0. The van der Waals surface area contributed by atoms with Crippen molar-refractivity contribution >= 4 is 18.0 Å². The Morgan fingerprint density at radius 2 is 1.70 bits per heavy atom. The van der Waals surface area contributed by atoms with Crippen molar-refractivity contribution < 1.29 is 24.2 Å². The zero-order valence-corrected chi connectivity index (χ0v) is 16.1. The number of carboxylic acids is 1. The van der Waals surface area contributed by atoms with E-state index < -0.39 is 5.97 Å². The maximum atomic E-state index is 12.3. The first kappa shape index (κ1) is 21.2. The summed E-state index contributed by atoms with van der Waals surface area (Å²) in [5, 5.41) is 8.63. The topological polar surface area (TPSA) is 72.8 Å². The predicted octanol–water partition coefficient (Wildman–Crippen LogP) is 4.85. The third-order valence-electron chi connectivity index (χ3n) is 4.81. The van der Waals surface area contributed by atoms with Crippen molar-refractivity contribution in [2.45, 2.75) is 70.5 Å². The molecule has 1 aliphatic carbocycles. The summed E-state index contributed by atoms with van der Waals surface area (Å²) in [5.74, 6) is -1.33. The van der Waals surface area contributed by atoms with Gasteiger partial charge in [0.2, 0.25) is 0 Å². The normalized spacial score (nSPS) is 19.9. The zero-order chi connectivity index (χ0) is 19.5. The minimum absolute atomic E-state index is 0.0518. The van der Waals surface area contributed by atoms with Crippen LogP contribution in [0.5, 0.6) is 0 Å². The van der Waals surface area contributed by atoms with Crippen molar-refractivity contribution in [3.8, 4) is 0 Å². The minimum atomic E-state index is -1.00. The van der Waals surface area contributed by atoms with E-state index in [0.717, 1.165) is 50.4 Å². The van der Waals surface area contributed by atoms with Crippen LogP contribution < -0.4 is 0 Å². The Kier molecular flexibility index (Phi) is 9.05. The lowest BCUT2D eigenvalue weighted by molar-refractivity contribution is -0.131. The van der Waals surface area contributed by atoms with E-state index in [2.05, 4.69) is 6.92 Å². The molecule has 0 saturated heterocycles. The van der Waals surface area contributed by atoms with Gasteiger partial charge in [0.05, 0.1) is 11.7 Å². The maximum absolute atomic E-state index is 12.3. The smallest absolute Gasteiger partial charge is 0.338 e.